The fraction of sp³-hybridized carbons (Fsp3) is 0.312. The number of carbonyl (C=O) groups excluding carboxylic acids is 1. The molecule has 1 N–H and O–H groups in total. The lowest BCUT2D eigenvalue weighted by molar-refractivity contribution is -0.137. The number of pyridine rings is 1. The van der Waals surface area contributed by atoms with Crippen molar-refractivity contribution in [2.24, 2.45) is 0 Å². The largest absolute Gasteiger partial charge is 0.417 e. The number of carbonyl (C=O) groups is 1. The Bertz CT molecular complexity index is 943. The van der Waals surface area contributed by atoms with Gasteiger partial charge in [0.1, 0.15) is 11.3 Å². The first kappa shape index (κ1) is 17.4. The van der Waals surface area contributed by atoms with Crippen molar-refractivity contribution in [2.75, 3.05) is 5.32 Å². The predicted octanol–water partition coefficient (Wildman–Crippen LogP) is 4.49. The first-order valence-electron chi connectivity index (χ1n) is 7.49. The highest BCUT2D eigenvalue weighted by Gasteiger charge is 2.31. The third kappa shape index (κ3) is 3.37. The molecule has 5 nitrogen and oxygen atoms in total. The van der Waals surface area contributed by atoms with Crippen LogP contribution < -0.4 is 5.32 Å². The maximum absolute atomic E-state index is 12.9. The first-order chi connectivity index (χ1) is 11.7. The van der Waals surface area contributed by atoms with E-state index in [4.69, 9.17) is 0 Å². The van der Waals surface area contributed by atoms with Gasteiger partial charge in [0.15, 0.2) is 5.13 Å². The summed E-state index contributed by atoms with van der Waals surface area (Å²) >= 11 is 1.27. The smallest absolute Gasteiger partial charge is 0.296 e. The molecule has 0 saturated carbocycles. The van der Waals surface area contributed by atoms with Crippen molar-refractivity contribution in [3.05, 3.63) is 46.4 Å². The van der Waals surface area contributed by atoms with Crippen LogP contribution in [0.4, 0.5) is 18.3 Å². The Hall–Kier alpha value is -2.42. The predicted molar refractivity (Wildman–Crippen MR) is 89.1 cm³/mol. The molecule has 0 saturated heterocycles. The lowest BCUT2D eigenvalue weighted by Gasteiger charge is -2.08. The molecule has 1 amide bonds. The SMILES string of the molecule is Cc1nc2ccc(C(F)(F)F)cn2c1C(=O)Nc1nc(C(C)C)cs1. The van der Waals surface area contributed by atoms with Crippen LogP contribution >= 0.6 is 11.3 Å². The minimum absolute atomic E-state index is 0.0578. The average molecular weight is 368 g/mol. The monoisotopic (exact) mass is 368 g/mol. The molecule has 0 atom stereocenters. The van der Waals surface area contributed by atoms with Gasteiger partial charge >= 0.3 is 6.18 Å². The van der Waals surface area contributed by atoms with E-state index in [-0.39, 0.29) is 17.3 Å². The summed E-state index contributed by atoms with van der Waals surface area (Å²) in [6.07, 6.45) is -3.62. The zero-order valence-corrected chi connectivity index (χ0v) is 14.5. The van der Waals surface area contributed by atoms with Gasteiger partial charge in [0.2, 0.25) is 0 Å². The number of aromatic nitrogens is 3. The van der Waals surface area contributed by atoms with Gasteiger partial charge in [0.05, 0.1) is 17.0 Å². The molecule has 9 heteroatoms. The Morgan fingerprint density at radius 1 is 1.28 bits per heavy atom. The number of amides is 1. The van der Waals surface area contributed by atoms with E-state index in [0.29, 0.717) is 10.8 Å². The van der Waals surface area contributed by atoms with E-state index in [0.717, 1.165) is 22.4 Å². The van der Waals surface area contributed by atoms with Crippen LogP contribution in [0.15, 0.2) is 23.7 Å². The van der Waals surface area contributed by atoms with Crippen LogP contribution in [0.1, 0.15) is 47.2 Å². The number of thiazole rings is 1. The number of nitrogens with one attached hydrogen (secondary N) is 1. The number of halogens is 3. The Morgan fingerprint density at radius 3 is 2.60 bits per heavy atom. The van der Waals surface area contributed by atoms with E-state index in [2.05, 4.69) is 15.3 Å². The quantitative estimate of drug-likeness (QED) is 0.741. The second-order valence-corrected chi connectivity index (χ2v) is 6.73. The Labute approximate surface area is 145 Å². The van der Waals surface area contributed by atoms with Gasteiger partial charge in [-0.15, -0.1) is 11.3 Å². The normalized spacial score (nSPS) is 12.1. The highest BCUT2D eigenvalue weighted by Crippen LogP contribution is 2.30. The van der Waals surface area contributed by atoms with E-state index in [9.17, 15) is 18.0 Å². The van der Waals surface area contributed by atoms with Crippen LogP contribution in [0.25, 0.3) is 5.65 Å². The van der Waals surface area contributed by atoms with Gasteiger partial charge in [-0.3, -0.25) is 14.5 Å². The minimum atomic E-state index is -4.50. The third-order valence-electron chi connectivity index (χ3n) is 3.67. The Kier molecular flexibility index (Phi) is 4.28. The number of rotatable bonds is 3. The lowest BCUT2D eigenvalue weighted by Crippen LogP contribution is -2.16. The van der Waals surface area contributed by atoms with Gasteiger partial charge in [-0.1, -0.05) is 13.8 Å². The fourth-order valence-electron chi connectivity index (χ4n) is 2.37. The van der Waals surface area contributed by atoms with Crippen LogP contribution in [0.5, 0.6) is 0 Å². The molecule has 132 valence electrons. The molecule has 0 spiro atoms. The van der Waals surface area contributed by atoms with Gasteiger partial charge in [0.25, 0.3) is 5.91 Å². The van der Waals surface area contributed by atoms with E-state index >= 15 is 0 Å². The summed E-state index contributed by atoms with van der Waals surface area (Å²) in [6.45, 7) is 5.54. The molecular weight excluding hydrogens is 353 g/mol. The van der Waals surface area contributed by atoms with E-state index in [1.54, 1.807) is 6.92 Å². The molecule has 3 rings (SSSR count). The third-order valence-corrected chi connectivity index (χ3v) is 4.45. The molecule has 3 aromatic rings. The number of anilines is 1. The van der Waals surface area contributed by atoms with Crippen LogP contribution in [0, 0.1) is 6.92 Å². The first-order valence-corrected chi connectivity index (χ1v) is 8.37. The second kappa shape index (κ2) is 6.14. The van der Waals surface area contributed by atoms with E-state index < -0.39 is 17.6 Å². The summed E-state index contributed by atoms with van der Waals surface area (Å²) in [5.74, 6) is -0.331. The second-order valence-electron chi connectivity index (χ2n) is 5.88. The maximum Gasteiger partial charge on any atom is 0.417 e. The van der Waals surface area contributed by atoms with Crippen LogP contribution in [0.3, 0.4) is 0 Å². The zero-order valence-electron chi connectivity index (χ0n) is 13.7. The van der Waals surface area contributed by atoms with Crippen LogP contribution in [-0.4, -0.2) is 20.3 Å². The van der Waals surface area contributed by atoms with Crippen molar-refractivity contribution in [1.29, 1.82) is 0 Å². The van der Waals surface area contributed by atoms with Crippen molar-refractivity contribution >= 4 is 28.0 Å². The number of aryl methyl sites for hydroxylation is 1. The number of imidazole rings is 1. The molecule has 0 unspecified atom stereocenters. The number of nitrogens with zero attached hydrogens (tertiary/aromatic N) is 3. The summed E-state index contributed by atoms with van der Waals surface area (Å²) in [5, 5.41) is 4.87. The highest BCUT2D eigenvalue weighted by atomic mass is 32.1. The van der Waals surface area contributed by atoms with E-state index in [1.807, 2.05) is 19.2 Å². The molecule has 0 fully saturated rings. The number of hydrogen-bond acceptors (Lipinski definition) is 4. The van der Waals surface area contributed by atoms with Gasteiger partial charge in [0, 0.05) is 11.6 Å². The van der Waals surface area contributed by atoms with Crippen molar-refractivity contribution in [3.8, 4) is 0 Å². The number of fused-ring (bicyclic) bond motifs is 1. The Balaban J connectivity index is 1.98. The molecule has 3 heterocycles. The number of hydrogen-bond donors (Lipinski definition) is 1. The lowest BCUT2D eigenvalue weighted by atomic mass is 10.2. The standard InChI is InChI=1S/C16H15F3N4OS/c1-8(2)11-7-25-15(21-11)22-14(24)13-9(3)20-12-5-4-10(6-23(12)13)16(17,18)19/h4-8H,1-3H3,(H,21,22,24). The Morgan fingerprint density at radius 2 is 2.00 bits per heavy atom. The topological polar surface area (TPSA) is 59.3 Å². The van der Waals surface area contributed by atoms with Gasteiger partial charge in [-0.05, 0) is 25.0 Å². The molecule has 0 aliphatic rings. The molecule has 0 radical (unpaired) electrons. The molecule has 25 heavy (non-hydrogen) atoms. The van der Waals surface area contributed by atoms with Crippen molar-refractivity contribution < 1.29 is 18.0 Å². The molecule has 0 bridgehead atoms. The average Bonchev–Trinajstić information content (AvgIpc) is 3.08. The van der Waals surface area contributed by atoms with Gasteiger partial charge in [-0.25, -0.2) is 9.97 Å². The molecule has 0 aliphatic heterocycles. The number of alkyl halides is 3. The molecule has 3 aromatic heterocycles. The van der Waals surface area contributed by atoms with Crippen LogP contribution in [-0.2, 0) is 6.18 Å². The van der Waals surface area contributed by atoms with Gasteiger partial charge in [-0.2, -0.15) is 13.2 Å². The van der Waals surface area contributed by atoms with Crippen molar-refractivity contribution in [1.82, 2.24) is 14.4 Å². The maximum atomic E-state index is 12.9. The van der Waals surface area contributed by atoms with Crippen LogP contribution in [0.2, 0.25) is 0 Å². The molecule has 0 aromatic carbocycles. The molecule has 0 aliphatic carbocycles. The van der Waals surface area contributed by atoms with E-state index in [1.165, 1.54) is 17.4 Å². The summed E-state index contributed by atoms with van der Waals surface area (Å²) in [6, 6.07) is 2.19. The summed E-state index contributed by atoms with van der Waals surface area (Å²) in [4.78, 5) is 21.0. The van der Waals surface area contributed by atoms with Crippen molar-refractivity contribution in [2.45, 2.75) is 32.9 Å². The molecular formula is C16H15F3N4OS. The summed E-state index contributed by atoms with van der Waals surface area (Å²) < 4.78 is 40.0. The zero-order chi connectivity index (χ0) is 18.4. The summed E-state index contributed by atoms with van der Waals surface area (Å²) in [5.41, 5.74) is 0.676. The highest BCUT2D eigenvalue weighted by molar-refractivity contribution is 7.14. The fourth-order valence-corrected chi connectivity index (χ4v) is 3.24. The van der Waals surface area contributed by atoms with Gasteiger partial charge < -0.3 is 0 Å². The minimum Gasteiger partial charge on any atom is -0.296 e. The van der Waals surface area contributed by atoms with Crippen molar-refractivity contribution in [3.63, 3.8) is 0 Å². The summed E-state index contributed by atoms with van der Waals surface area (Å²) in [7, 11) is 0.